The summed E-state index contributed by atoms with van der Waals surface area (Å²) in [5.74, 6) is 0.357. The third kappa shape index (κ3) is 5.32. The lowest BCUT2D eigenvalue weighted by atomic mass is 9.90. The van der Waals surface area contributed by atoms with Crippen LogP contribution in [-0.4, -0.2) is 87.3 Å². The van der Waals surface area contributed by atoms with E-state index in [0.717, 1.165) is 63.5 Å². The Bertz CT molecular complexity index is 2110. The van der Waals surface area contributed by atoms with Gasteiger partial charge >= 0.3 is 0 Å². The van der Waals surface area contributed by atoms with E-state index in [-0.39, 0.29) is 11.3 Å². The number of nitrogens with one attached hydrogen (secondary N) is 2. The number of aromatic amines is 1. The van der Waals surface area contributed by atoms with E-state index < -0.39 is 5.82 Å². The number of fused-ring (bicyclic) bond motifs is 4. The zero-order valence-electron chi connectivity index (χ0n) is 28.8. The standard InChI is InChI=1S/C38H42FN9O2/c1-4-28-29(16-24(39)17-30(28)48-14-13-47-31(37(48)49)15-23-18-38(2,3)19-32(23)47)34-43-35-33(40-22-41-35)36(44-34)42-25-5-7-26(8-6-25)45-9-11-46(12-10-45)27-20-50-21-27/h5-8,15-17,22,27H,4,9-14,18-21H2,1-3H3,(H2,40,41,42,43,44). The van der Waals surface area contributed by atoms with E-state index in [9.17, 15) is 4.79 Å². The third-order valence-corrected chi connectivity index (χ3v) is 10.9. The molecule has 1 aliphatic carbocycles. The highest BCUT2D eigenvalue weighted by Crippen LogP contribution is 2.41. The maximum atomic E-state index is 15.6. The van der Waals surface area contributed by atoms with Crippen molar-refractivity contribution in [3.05, 3.63) is 77.1 Å². The molecular weight excluding hydrogens is 633 g/mol. The molecule has 0 spiro atoms. The molecule has 2 N–H and O–H groups in total. The second-order valence-corrected chi connectivity index (χ2v) is 14.8. The molecule has 2 saturated heterocycles. The number of imidazole rings is 1. The first-order valence-corrected chi connectivity index (χ1v) is 17.8. The number of hydrogen-bond donors (Lipinski definition) is 2. The third-order valence-electron chi connectivity index (χ3n) is 10.9. The predicted octanol–water partition coefficient (Wildman–Crippen LogP) is 5.57. The molecule has 2 fully saturated rings. The Morgan fingerprint density at radius 3 is 2.54 bits per heavy atom. The fraction of sp³-hybridized carbons (Fsp3) is 0.421. The van der Waals surface area contributed by atoms with Gasteiger partial charge in [-0.15, -0.1) is 0 Å². The van der Waals surface area contributed by atoms with E-state index in [1.54, 1.807) is 11.2 Å². The average molecular weight is 676 g/mol. The number of nitrogens with zero attached hydrogens (tertiary/aromatic N) is 7. The van der Waals surface area contributed by atoms with E-state index in [4.69, 9.17) is 14.7 Å². The number of amides is 1. The molecule has 9 rings (SSSR count). The molecule has 0 radical (unpaired) electrons. The number of benzene rings is 2. The first-order valence-electron chi connectivity index (χ1n) is 17.8. The average Bonchev–Trinajstić information content (AvgIpc) is 3.77. The SMILES string of the molecule is CCc1c(-c2nc(Nc3ccc(N4CCN(C5COC5)CC4)cc3)c3[nH]cnc3n2)cc(F)cc1N1CCn2c(cc3c2CC(C)(C)C3)C1=O. The van der Waals surface area contributed by atoms with Crippen LogP contribution in [0.4, 0.5) is 27.3 Å². The van der Waals surface area contributed by atoms with Gasteiger partial charge in [0, 0.05) is 61.9 Å². The van der Waals surface area contributed by atoms with Gasteiger partial charge in [-0.25, -0.2) is 19.3 Å². The molecule has 6 heterocycles. The maximum Gasteiger partial charge on any atom is 0.274 e. The molecule has 12 heteroatoms. The lowest BCUT2D eigenvalue weighted by Crippen LogP contribution is -2.56. The molecule has 2 aromatic carbocycles. The number of piperazine rings is 1. The molecule has 0 atom stereocenters. The Labute approximate surface area is 290 Å². The normalized spacial score (nSPS) is 19.2. The lowest BCUT2D eigenvalue weighted by Gasteiger charge is -2.43. The number of anilines is 4. The molecule has 3 aromatic heterocycles. The smallest absolute Gasteiger partial charge is 0.274 e. The predicted molar refractivity (Wildman–Crippen MR) is 192 cm³/mol. The van der Waals surface area contributed by atoms with Gasteiger partial charge in [0.25, 0.3) is 5.91 Å². The van der Waals surface area contributed by atoms with Gasteiger partial charge in [0.2, 0.25) is 0 Å². The van der Waals surface area contributed by atoms with Crippen molar-refractivity contribution in [3.63, 3.8) is 0 Å². The minimum atomic E-state index is -0.442. The van der Waals surface area contributed by atoms with Crippen LogP contribution >= 0.6 is 0 Å². The van der Waals surface area contributed by atoms with E-state index in [2.05, 4.69) is 73.8 Å². The summed E-state index contributed by atoms with van der Waals surface area (Å²) in [6.45, 7) is 13.5. The molecule has 5 aromatic rings. The van der Waals surface area contributed by atoms with Crippen molar-refractivity contribution in [3.8, 4) is 11.4 Å². The van der Waals surface area contributed by atoms with Gasteiger partial charge in [0.1, 0.15) is 17.0 Å². The summed E-state index contributed by atoms with van der Waals surface area (Å²) in [5.41, 5.74) is 8.53. The second-order valence-electron chi connectivity index (χ2n) is 14.8. The first-order chi connectivity index (χ1) is 24.2. The van der Waals surface area contributed by atoms with Crippen LogP contribution in [0.3, 0.4) is 0 Å². The van der Waals surface area contributed by atoms with Crippen LogP contribution in [0, 0.1) is 11.2 Å². The van der Waals surface area contributed by atoms with Crippen molar-refractivity contribution in [2.24, 2.45) is 5.41 Å². The minimum absolute atomic E-state index is 0.0981. The Morgan fingerprint density at radius 2 is 1.80 bits per heavy atom. The summed E-state index contributed by atoms with van der Waals surface area (Å²) in [6.07, 6.45) is 4.07. The van der Waals surface area contributed by atoms with Gasteiger partial charge in [0.15, 0.2) is 17.3 Å². The largest absolute Gasteiger partial charge is 0.378 e. The number of halogens is 1. The van der Waals surface area contributed by atoms with Crippen LogP contribution in [0.2, 0.25) is 0 Å². The summed E-state index contributed by atoms with van der Waals surface area (Å²) in [4.78, 5) is 38.0. The van der Waals surface area contributed by atoms with Crippen molar-refractivity contribution < 1.29 is 13.9 Å². The molecule has 50 heavy (non-hydrogen) atoms. The van der Waals surface area contributed by atoms with Crippen molar-refractivity contribution in [2.75, 3.05) is 61.1 Å². The summed E-state index contributed by atoms with van der Waals surface area (Å²) in [5, 5.41) is 3.46. The zero-order valence-corrected chi connectivity index (χ0v) is 28.8. The Kier molecular flexibility index (Phi) is 7.43. The molecule has 1 amide bonds. The molecule has 258 valence electrons. The number of H-pyrrole nitrogens is 1. The summed E-state index contributed by atoms with van der Waals surface area (Å²) < 4.78 is 23.1. The number of ether oxygens (including phenoxy) is 1. The van der Waals surface area contributed by atoms with Crippen molar-refractivity contribution >= 4 is 40.0 Å². The molecule has 3 aliphatic heterocycles. The second kappa shape index (κ2) is 11.9. The zero-order chi connectivity index (χ0) is 34.1. The van der Waals surface area contributed by atoms with E-state index >= 15 is 4.39 Å². The number of rotatable bonds is 7. The maximum absolute atomic E-state index is 15.6. The quantitative estimate of drug-likeness (QED) is 0.231. The van der Waals surface area contributed by atoms with Gasteiger partial charge in [-0.05, 0) is 78.3 Å². The molecule has 0 unspecified atom stereocenters. The van der Waals surface area contributed by atoms with Crippen LogP contribution in [0.15, 0.2) is 48.8 Å². The van der Waals surface area contributed by atoms with Gasteiger partial charge in [0.05, 0.1) is 31.3 Å². The monoisotopic (exact) mass is 675 g/mol. The molecule has 4 aliphatic rings. The van der Waals surface area contributed by atoms with Gasteiger partial charge in [-0.1, -0.05) is 20.8 Å². The lowest BCUT2D eigenvalue weighted by molar-refractivity contribution is -0.0660. The minimum Gasteiger partial charge on any atom is -0.378 e. The fourth-order valence-corrected chi connectivity index (χ4v) is 8.29. The van der Waals surface area contributed by atoms with Crippen LogP contribution in [-0.2, 0) is 30.5 Å². The number of hydrogen-bond acceptors (Lipinski definition) is 8. The number of aromatic nitrogens is 5. The van der Waals surface area contributed by atoms with E-state index in [0.29, 0.717) is 65.3 Å². The Hall–Kier alpha value is -4.81. The summed E-state index contributed by atoms with van der Waals surface area (Å²) in [6, 6.07) is 13.9. The molecular formula is C38H42FN9O2. The van der Waals surface area contributed by atoms with Gasteiger partial charge < -0.3 is 29.4 Å². The van der Waals surface area contributed by atoms with Crippen molar-refractivity contribution in [2.45, 2.75) is 52.6 Å². The first kappa shape index (κ1) is 31.2. The fourth-order valence-electron chi connectivity index (χ4n) is 8.29. The summed E-state index contributed by atoms with van der Waals surface area (Å²) in [7, 11) is 0. The van der Waals surface area contributed by atoms with Crippen LogP contribution in [0.25, 0.3) is 22.6 Å². The number of carbonyl (C=O) groups excluding carboxylic acids is 1. The Morgan fingerprint density at radius 1 is 1.00 bits per heavy atom. The number of carbonyl (C=O) groups is 1. The van der Waals surface area contributed by atoms with Crippen molar-refractivity contribution in [1.82, 2.24) is 29.4 Å². The van der Waals surface area contributed by atoms with Gasteiger partial charge in [-0.2, -0.15) is 0 Å². The van der Waals surface area contributed by atoms with E-state index in [1.807, 2.05) is 6.92 Å². The van der Waals surface area contributed by atoms with Gasteiger partial charge in [-0.3, -0.25) is 9.69 Å². The van der Waals surface area contributed by atoms with Crippen LogP contribution < -0.4 is 15.1 Å². The Balaban J connectivity index is 1.00. The van der Waals surface area contributed by atoms with Crippen LogP contribution in [0.1, 0.15) is 48.1 Å². The molecule has 11 nitrogen and oxygen atoms in total. The molecule has 0 bridgehead atoms. The van der Waals surface area contributed by atoms with Crippen LogP contribution in [0.5, 0.6) is 0 Å². The highest BCUT2D eigenvalue weighted by atomic mass is 19.1. The highest BCUT2D eigenvalue weighted by molar-refractivity contribution is 6.07. The highest BCUT2D eigenvalue weighted by Gasteiger charge is 2.37. The van der Waals surface area contributed by atoms with Crippen molar-refractivity contribution in [1.29, 1.82) is 0 Å². The molecule has 0 saturated carbocycles. The summed E-state index contributed by atoms with van der Waals surface area (Å²) >= 11 is 0. The van der Waals surface area contributed by atoms with E-state index in [1.165, 1.54) is 29.1 Å². The topological polar surface area (TPSA) is 107 Å².